The van der Waals surface area contributed by atoms with Gasteiger partial charge in [-0.3, -0.25) is 4.79 Å². The number of alkyl halides is 3. The highest BCUT2D eigenvalue weighted by atomic mass is 35.5. The summed E-state index contributed by atoms with van der Waals surface area (Å²) >= 11 is 5.99. The van der Waals surface area contributed by atoms with Gasteiger partial charge in [0.15, 0.2) is 0 Å². The first kappa shape index (κ1) is 23.7. The van der Waals surface area contributed by atoms with E-state index in [1.165, 1.54) is 0 Å². The molecule has 1 heterocycles. The first-order valence-corrected chi connectivity index (χ1v) is 8.86. The van der Waals surface area contributed by atoms with Crippen LogP contribution in [0.3, 0.4) is 0 Å². The molecule has 12 heteroatoms. The smallest absolute Gasteiger partial charge is 0.358 e. The summed E-state index contributed by atoms with van der Waals surface area (Å²) in [7, 11) is 0. The molecule has 2 rings (SSSR count). The molecule has 0 saturated heterocycles. The van der Waals surface area contributed by atoms with Gasteiger partial charge in [0.25, 0.3) is 5.91 Å². The molecule has 0 bridgehead atoms. The summed E-state index contributed by atoms with van der Waals surface area (Å²) in [4.78, 5) is 19.7. The lowest BCUT2D eigenvalue weighted by atomic mass is 10.1. The number of nitrogens with zero attached hydrogens (tertiary/aromatic N) is 2. The second-order valence-electron chi connectivity index (χ2n) is 7.42. The van der Waals surface area contributed by atoms with Crippen LogP contribution in [-0.4, -0.2) is 33.6 Å². The second-order valence-corrected chi connectivity index (χ2v) is 7.78. The summed E-state index contributed by atoms with van der Waals surface area (Å²) < 4.78 is 81.0. The van der Waals surface area contributed by atoms with Gasteiger partial charge in [-0.05, 0) is 27.7 Å². The number of nitrogens with one attached hydrogen (secondary N) is 2. The maximum Gasteiger partial charge on any atom is 0.408 e. The summed E-state index contributed by atoms with van der Waals surface area (Å²) in [5.41, 5.74) is -2.37. The fraction of sp³-hybridized carbons (Fsp3) is 0.389. The minimum absolute atomic E-state index is 0.325. The van der Waals surface area contributed by atoms with Gasteiger partial charge in [-0.1, -0.05) is 11.6 Å². The number of hydrogen-bond acceptors (Lipinski definition) is 4. The summed E-state index contributed by atoms with van der Waals surface area (Å²) in [5, 5.41) is 3.74. The fourth-order valence-corrected chi connectivity index (χ4v) is 2.59. The van der Waals surface area contributed by atoms with E-state index >= 15 is 0 Å². The molecule has 30 heavy (non-hydrogen) atoms. The highest BCUT2D eigenvalue weighted by Crippen LogP contribution is 2.38. The Bertz CT molecular complexity index is 951. The predicted molar refractivity (Wildman–Crippen MR) is 98.7 cm³/mol. The molecule has 0 fully saturated rings. The Morgan fingerprint density at radius 3 is 2.03 bits per heavy atom. The maximum absolute atomic E-state index is 14.3. The summed E-state index contributed by atoms with van der Waals surface area (Å²) in [5.74, 6) is -6.37. The molecule has 0 aliphatic rings. The number of carbonyl (C=O) groups excluding carboxylic acids is 1. The molecule has 2 N–H and O–H groups in total. The number of halogens is 7. The van der Waals surface area contributed by atoms with Gasteiger partial charge in [-0.2, -0.15) is 13.2 Å². The lowest BCUT2D eigenvalue weighted by Crippen LogP contribution is -2.41. The molecular formula is C18H17ClF6N4O. The quantitative estimate of drug-likeness (QED) is 0.498. The monoisotopic (exact) mass is 454 g/mol. The average Bonchev–Trinajstić information content (AvgIpc) is 2.53. The molecule has 0 spiro atoms. The number of aromatic nitrogens is 2. The van der Waals surface area contributed by atoms with Crippen molar-refractivity contribution in [2.24, 2.45) is 0 Å². The first-order chi connectivity index (χ1) is 13.6. The third kappa shape index (κ3) is 5.53. The molecule has 5 nitrogen and oxygen atoms in total. The van der Waals surface area contributed by atoms with Crippen molar-refractivity contribution in [2.45, 2.75) is 45.5 Å². The van der Waals surface area contributed by atoms with Crippen LogP contribution in [0.2, 0.25) is 5.15 Å². The van der Waals surface area contributed by atoms with Crippen LogP contribution in [0.25, 0.3) is 11.1 Å². The van der Waals surface area contributed by atoms with E-state index in [2.05, 4.69) is 15.3 Å². The van der Waals surface area contributed by atoms with Crippen LogP contribution in [0.4, 0.5) is 32.2 Å². The van der Waals surface area contributed by atoms with Gasteiger partial charge in [0.1, 0.15) is 34.5 Å². The van der Waals surface area contributed by atoms with Gasteiger partial charge in [0, 0.05) is 17.7 Å². The Kier molecular flexibility index (Phi) is 6.55. The molecule has 164 valence electrons. The Morgan fingerprint density at radius 2 is 1.57 bits per heavy atom. The Labute approximate surface area is 172 Å². The van der Waals surface area contributed by atoms with Gasteiger partial charge in [-0.15, -0.1) is 0 Å². The summed E-state index contributed by atoms with van der Waals surface area (Å²) in [6.07, 6.45) is -4.76. The summed E-state index contributed by atoms with van der Waals surface area (Å²) in [6.45, 7) is 5.63. The molecule has 0 saturated carbocycles. The van der Waals surface area contributed by atoms with Crippen molar-refractivity contribution >= 4 is 23.3 Å². The van der Waals surface area contributed by atoms with Crippen molar-refractivity contribution in [3.8, 4) is 11.1 Å². The zero-order valence-corrected chi connectivity index (χ0v) is 16.9. The topological polar surface area (TPSA) is 66.9 Å². The van der Waals surface area contributed by atoms with E-state index in [0.29, 0.717) is 12.1 Å². The van der Waals surface area contributed by atoms with Gasteiger partial charge in [0.2, 0.25) is 5.82 Å². The standard InChI is InChI=1S/C18H17ClF6N4O/c1-7(18(23,24)25)26-14-12(11-9(21)5-8(20)6-10(11)22)13(19)27-15(28-14)16(30)29-17(2,3)4/h5-7H,1-4H3,(H,29,30)(H,26,27,28)/t7-/m0/s1. The Hall–Kier alpha value is -2.56. The SMILES string of the molecule is C[C@H](Nc1nc(C(=O)NC(C)(C)C)nc(Cl)c1-c1c(F)cc(F)cc1F)C(F)(F)F. The molecule has 0 aliphatic carbocycles. The number of amides is 1. The third-order valence-corrected chi connectivity index (χ3v) is 3.93. The van der Waals surface area contributed by atoms with Crippen LogP contribution >= 0.6 is 11.6 Å². The van der Waals surface area contributed by atoms with Crippen molar-refractivity contribution in [1.29, 1.82) is 0 Å². The zero-order valence-electron chi connectivity index (χ0n) is 16.2. The number of benzene rings is 1. The predicted octanol–water partition coefficient (Wildman–Crippen LogP) is 5.11. The molecular weight excluding hydrogens is 438 g/mol. The van der Waals surface area contributed by atoms with Crippen molar-refractivity contribution in [1.82, 2.24) is 15.3 Å². The highest BCUT2D eigenvalue weighted by Gasteiger charge is 2.37. The molecule has 1 atom stereocenters. The largest absolute Gasteiger partial charge is 0.408 e. The fourth-order valence-electron chi connectivity index (χ4n) is 2.33. The van der Waals surface area contributed by atoms with Gasteiger partial charge in [0.05, 0.1) is 11.1 Å². The number of rotatable bonds is 4. The minimum Gasteiger partial charge on any atom is -0.358 e. The Morgan fingerprint density at radius 1 is 1.03 bits per heavy atom. The third-order valence-electron chi connectivity index (χ3n) is 3.66. The molecule has 1 aromatic heterocycles. The normalized spacial score (nSPS) is 13.2. The zero-order chi connectivity index (χ0) is 23.0. The average molecular weight is 455 g/mol. The van der Waals surface area contributed by atoms with Crippen molar-refractivity contribution in [3.63, 3.8) is 0 Å². The minimum atomic E-state index is -4.76. The highest BCUT2D eigenvalue weighted by molar-refractivity contribution is 6.33. The van der Waals surface area contributed by atoms with E-state index < -0.39 is 69.0 Å². The van der Waals surface area contributed by atoms with Crippen LogP contribution in [0.5, 0.6) is 0 Å². The van der Waals surface area contributed by atoms with Crippen LogP contribution in [0.15, 0.2) is 12.1 Å². The van der Waals surface area contributed by atoms with E-state index in [1.807, 2.05) is 5.32 Å². The molecule has 0 unspecified atom stereocenters. The lowest BCUT2D eigenvalue weighted by molar-refractivity contribution is -0.138. The molecule has 2 aromatic rings. The summed E-state index contributed by atoms with van der Waals surface area (Å²) in [6, 6.07) is -1.58. The van der Waals surface area contributed by atoms with Crippen molar-refractivity contribution in [3.05, 3.63) is 40.6 Å². The van der Waals surface area contributed by atoms with Crippen LogP contribution in [0, 0.1) is 17.5 Å². The second kappa shape index (κ2) is 8.29. The van der Waals surface area contributed by atoms with Crippen LogP contribution in [-0.2, 0) is 0 Å². The lowest BCUT2D eigenvalue weighted by Gasteiger charge is -2.22. The van der Waals surface area contributed by atoms with E-state index in [0.717, 1.165) is 6.92 Å². The van der Waals surface area contributed by atoms with E-state index in [9.17, 15) is 31.1 Å². The van der Waals surface area contributed by atoms with Gasteiger partial charge in [-0.25, -0.2) is 23.1 Å². The van der Waals surface area contributed by atoms with Gasteiger partial charge >= 0.3 is 6.18 Å². The number of anilines is 1. The number of hydrogen-bond donors (Lipinski definition) is 2. The first-order valence-electron chi connectivity index (χ1n) is 8.48. The molecule has 1 aromatic carbocycles. The van der Waals surface area contributed by atoms with Crippen molar-refractivity contribution < 1.29 is 31.1 Å². The number of carbonyl (C=O) groups is 1. The van der Waals surface area contributed by atoms with E-state index in [4.69, 9.17) is 11.6 Å². The van der Waals surface area contributed by atoms with Crippen LogP contribution in [0.1, 0.15) is 38.3 Å². The Balaban J connectivity index is 2.71. The molecule has 1 amide bonds. The van der Waals surface area contributed by atoms with E-state index in [-0.39, 0.29) is 0 Å². The molecule has 0 radical (unpaired) electrons. The van der Waals surface area contributed by atoms with Crippen molar-refractivity contribution in [2.75, 3.05) is 5.32 Å². The maximum atomic E-state index is 14.3. The molecule has 0 aliphatic heterocycles. The van der Waals surface area contributed by atoms with Gasteiger partial charge < -0.3 is 10.6 Å². The van der Waals surface area contributed by atoms with E-state index in [1.54, 1.807) is 20.8 Å². The van der Waals surface area contributed by atoms with Crippen LogP contribution < -0.4 is 10.6 Å².